The third-order valence-corrected chi connectivity index (χ3v) is 5.45. The summed E-state index contributed by atoms with van der Waals surface area (Å²) in [6, 6.07) is 16.5. The fourth-order valence-corrected chi connectivity index (χ4v) is 3.81. The first-order chi connectivity index (χ1) is 13.5. The van der Waals surface area contributed by atoms with Crippen LogP contribution < -0.4 is 5.69 Å². The van der Waals surface area contributed by atoms with Crippen LogP contribution in [0, 0.1) is 0 Å². The van der Waals surface area contributed by atoms with Crippen LogP contribution in [0.15, 0.2) is 59.4 Å². The summed E-state index contributed by atoms with van der Waals surface area (Å²) in [6.07, 6.45) is 1.53. The van der Waals surface area contributed by atoms with E-state index in [9.17, 15) is 9.59 Å². The molecule has 3 aromatic rings. The molecular formula is C21H21ClN4O2. The van der Waals surface area contributed by atoms with Crippen LogP contribution >= 0.6 is 11.6 Å². The molecule has 2 heterocycles. The number of halogens is 1. The molecule has 6 nitrogen and oxygen atoms in total. The van der Waals surface area contributed by atoms with Gasteiger partial charge in [0, 0.05) is 36.6 Å². The normalized spacial score (nSPS) is 15.0. The molecule has 1 amide bonds. The van der Waals surface area contributed by atoms with E-state index in [0.717, 1.165) is 24.4 Å². The molecule has 0 aliphatic carbocycles. The molecule has 7 heteroatoms. The van der Waals surface area contributed by atoms with E-state index in [1.54, 1.807) is 35.9 Å². The van der Waals surface area contributed by atoms with Gasteiger partial charge < -0.3 is 4.90 Å². The summed E-state index contributed by atoms with van der Waals surface area (Å²) in [6.45, 7) is 1.26. The lowest BCUT2D eigenvalue weighted by Crippen LogP contribution is -2.38. The van der Waals surface area contributed by atoms with E-state index in [2.05, 4.69) is 5.10 Å². The minimum atomic E-state index is -0.152. The Bertz CT molecular complexity index is 1030. The van der Waals surface area contributed by atoms with Gasteiger partial charge in [0.25, 0.3) is 5.91 Å². The number of para-hydroxylation sites is 1. The number of carbonyl (C=O) groups excluding carboxylic acids is 1. The van der Waals surface area contributed by atoms with Gasteiger partial charge >= 0.3 is 5.69 Å². The summed E-state index contributed by atoms with van der Waals surface area (Å²) in [7, 11) is 1.67. The topological polar surface area (TPSA) is 60.1 Å². The number of piperidine rings is 1. The maximum atomic E-state index is 12.7. The summed E-state index contributed by atoms with van der Waals surface area (Å²) in [5.41, 5.74) is 1.30. The fraction of sp³-hybridized carbons (Fsp3) is 0.286. The van der Waals surface area contributed by atoms with Crippen LogP contribution in [-0.4, -0.2) is 38.2 Å². The number of nitrogens with zero attached hydrogens (tertiary/aromatic N) is 4. The lowest BCUT2D eigenvalue weighted by molar-refractivity contribution is 0.0710. The SMILES string of the molecule is Cn1nc(C2CCN(C(=O)c3ccc(Cl)cc3)CC2)n(-c2ccccc2)c1=O. The van der Waals surface area contributed by atoms with Crippen LogP contribution in [0.3, 0.4) is 0 Å². The van der Waals surface area contributed by atoms with Gasteiger partial charge in [-0.1, -0.05) is 29.8 Å². The third-order valence-electron chi connectivity index (χ3n) is 5.20. The highest BCUT2D eigenvalue weighted by molar-refractivity contribution is 6.30. The zero-order valence-corrected chi connectivity index (χ0v) is 16.3. The van der Waals surface area contributed by atoms with Gasteiger partial charge in [0.2, 0.25) is 0 Å². The van der Waals surface area contributed by atoms with Gasteiger partial charge in [0.05, 0.1) is 5.69 Å². The van der Waals surface area contributed by atoms with Crippen molar-refractivity contribution in [2.75, 3.05) is 13.1 Å². The molecule has 0 spiro atoms. The van der Waals surface area contributed by atoms with Crippen molar-refractivity contribution in [1.82, 2.24) is 19.2 Å². The Morgan fingerprint density at radius 3 is 2.32 bits per heavy atom. The summed E-state index contributed by atoms with van der Waals surface area (Å²) >= 11 is 5.91. The first kappa shape index (κ1) is 18.5. The second-order valence-corrected chi connectivity index (χ2v) is 7.45. The van der Waals surface area contributed by atoms with E-state index in [-0.39, 0.29) is 17.5 Å². The standard InChI is InChI=1S/C21H21ClN4O2/c1-24-21(28)26(18-5-3-2-4-6-18)19(23-24)15-11-13-25(14-12-15)20(27)16-7-9-17(22)10-8-16/h2-10,15H,11-14H2,1H3. The van der Waals surface area contributed by atoms with Crippen molar-refractivity contribution in [3.05, 3.63) is 81.5 Å². The molecule has 0 unspecified atom stereocenters. The molecule has 0 N–H and O–H groups in total. The number of amides is 1. The van der Waals surface area contributed by atoms with Crippen LogP contribution in [0.5, 0.6) is 0 Å². The number of carbonyl (C=O) groups is 1. The highest BCUT2D eigenvalue weighted by Crippen LogP contribution is 2.28. The third kappa shape index (κ3) is 3.47. The number of hydrogen-bond donors (Lipinski definition) is 0. The number of benzene rings is 2. The molecule has 2 aromatic carbocycles. The van der Waals surface area contributed by atoms with E-state index in [1.807, 2.05) is 35.2 Å². The highest BCUT2D eigenvalue weighted by Gasteiger charge is 2.29. The first-order valence-electron chi connectivity index (χ1n) is 9.31. The first-order valence-corrected chi connectivity index (χ1v) is 9.68. The van der Waals surface area contributed by atoms with Gasteiger partial charge in [-0.05, 0) is 49.2 Å². The smallest absolute Gasteiger partial charge is 0.339 e. The Hall–Kier alpha value is -2.86. The Labute approximate surface area is 168 Å². The van der Waals surface area contributed by atoms with Crippen molar-refractivity contribution in [3.63, 3.8) is 0 Å². The Balaban J connectivity index is 1.53. The molecule has 1 saturated heterocycles. The van der Waals surface area contributed by atoms with Crippen LogP contribution in [0.1, 0.15) is 34.9 Å². The van der Waals surface area contributed by atoms with Gasteiger partial charge in [-0.15, -0.1) is 0 Å². The number of aromatic nitrogens is 3. The van der Waals surface area contributed by atoms with Gasteiger partial charge in [0.1, 0.15) is 5.82 Å². The molecular weight excluding hydrogens is 376 g/mol. The number of rotatable bonds is 3. The molecule has 0 radical (unpaired) electrons. The zero-order valence-electron chi connectivity index (χ0n) is 15.6. The maximum Gasteiger partial charge on any atom is 0.350 e. The van der Waals surface area contributed by atoms with Crippen LogP contribution in [0.2, 0.25) is 5.02 Å². The Kier molecular flexibility index (Phi) is 5.05. The van der Waals surface area contributed by atoms with Gasteiger partial charge in [0.15, 0.2) is 0 Å². The summed E-state index contributed by atoms with van der Waals surface area (Å²) in [5, 5.41) is 5.11. The van der Waals surface area contributed by atoms with Crippen molar-refractivity contribution in [3.8, 4) is 5.69 Å². The molecule has 1 aliphatic heterocycles. The van der Waals surface area contributed by atoms with E-state index < -0.39 is 0 Å². The molecule has 1 aromatic heterocycles. The molecule has 0 saturated carbocycles. The molecule has 4 rings (SSSR count). The van der Waals surface area contributed by atoms with Crippen molar-refractivity contribution in [1.29, 1.82) is 0 Å². The Morgan fingerprint density at radius 2 is 1.68 bits per heavy atom. The van der Waals surface area contributed by atoms with Gasteiger partial charge in [-0.25, -0.2) is 14.0 Å². The fourth-order valence-electron chi connectivity index (χ4n) is 3.68. The second kappa shape index (κ2) is 7.64. The minimum Gasteiger partial charge on any atom is -0.339 e. The van der Waals surface area contributed by atoms with Crippen LogP contribution in [0.25, 0.3) is 5.69 Å². The van der Waals surface area contributed by atoms with E-state index in [0.29, 0.717) is 23.7 Å². The quantitative estimate of drug-likeness (QED) is 0.682. The van der Waals surface area contributed by atoms with Crippen molar-refractivity contribution < 1.29 is 4.79 Å². The number of hydrogen-bond acceptors (Lipinski definition) is 3. The molecule has 0 atom stereocenters. The van der Waals surface area contributed by atoms with Crippen LogP contribution in [0.4, 0.5) is 0 Å². The average molecular weight is 397 g/mol. The molecule has 1 aliphatic rings. The predicted octanol–water partition coefficient (Wildman–Crippen LogP) is 3.24. The monoisotopic (exact) mass is 396 g/mol. The second-order valence-electron chi connectivity index (χ2n) is 7.01. The Morgan fingerprint density at radius 1 is 1.04 bits per heavy atom. The van der Waals surface area contributed by atoms with E-state index in [4.69, 9.17) is 11.6 Å². The molecule has 1 fully saturated rings. The van der Waals surface area contributed by atoms with Crippen LogP contribution in [-0.2, 0) is 7.05 Å². The number of likely N-dealkylation sites (tertiary alicyclic amines) is 1. The van der Waals surface area contributed by atoms with E-state index in [1.165, 1.54) is 4.68 Å². The number of aryl methyl sites for hydroxylation is 1. The summed E-state index contributed by atoms with van der Waals surface area (Å²) < 4.78 is 3.06. The maximum absolute atomic E-state index is 12.7. The van der Waals surface area contributed by atoms with Crippen molar-refractivity contribution >= 4 is 17.5 Å². The van der Waals surface area contributed by atoms with Crippen molar-refractivity contribution in [2.24, 2.45) is 7.05 Å². The zero-order chi connectivity index (χ0) is 19.7. The predicted molar refractivity (Wildman–Crippen MR) is 108 cm³/mol. The van der Waals surface area contributed by atoms with E-state index >= 15 is 0 Å². The van der Waals surface area contributed by atoms with Gasteiger partial charge in [-0.2, -0.15) is 5.10 Å². The average Bonchev–Trinajstić information content (AvgIpc) is 3.03. The minimum absolute atomic E-state index is 0.0107. The lowest BCUT2D eigenvalue weighted by Gasteiger charge is -2.31. The van der Waals surface area contributed by atoms with Crippen molar-refractivity contribution in [2.45, 2.75) is 18.8 Å². The molecule has 144 valence electrons. The summed E-state index contributed by atoms with van der Waals surface area (Å²) in [5.74, 6) is 0.900. The molecule has 28 heavy (non-hydrogen) atoms. The summed E-state index contributed by atoms with van der Waals surface area (Å²) in [4.78, 5) is 27.2. The largest absolute Gasteiger partial charge is 0.350 e. The molecule has 0 bridgehead atoms. The highest BCUT2D eigenvalue weighted by atomic mass is 35.5. The van der Waals surface area contributed by atoms with Gasteiger partial charge in [-0.3, -0.25) is 4.79 Å². The lowest BCUT2D eigenvalue weighted by atomic mass is 9.95.